The highest BCUT2D eigenvalue weighted by molar-refractivity contribution is 6.01. The summed E-state index contributed by atoms with van der Waals surface area (Å²) in [7, 11) is 0. The van der Waals surface area contributed by atoms with Crippen molar-refractivity contribution in [3.63, 3.8) is 0 Å². The van der Waals surface area contributed by atoms with Gasteiger partial charge in [0.15, 0.2) is 29.0 Å². The molecule has 0 saturated carbocycles. The largest absolute Gasteiger partial charge is 0.507 e. The van der Waals surface area contributed by atoms with Crippen molar-refractivity contribution in [2.45, 2.75) is 32.7 Å². The standard InChI is InChI=1S/C31H27F4N5O4/c1-5-19(42)38-10-11-39-16(12-38)13-44-29-22-28(24(34)21(25(29)35)20-18(41)7-6-17(32)23(20)33)40(31(43)37-30(22)39)27-15(4)8-9-36-26(27)14(2)3/h5-9,14,16,41H,1,10-13H2,2-4H3. The lowest BCUT2D eigenvalue weighted by Crippen LogP contribution is -2.56. The summed E-state index contributed by atoms with van der Waals surface area (Å²) in [6.07, 6.45) is 2.69. The van der Waals surface area contributed by atoms with Crippen LogP contribution < -0.4 is 15.3 Å². The molecule has 9 nitrogen and oxygen atoms in total. The molecule has 1 amide bonds. The Morgan fingerprint density at radius 3 is 2.57 bits per heavy atom. The van der Waals surface area contributed by atoms with E-state index in [0.717, 1.165) is 16.7 Å². The number of halogens is 4. The molecule has 1 unspecified atom stereocenters. The van der Waals surface area contributed by atoms with E-state index < -0.39 is 63.1 Å². The quantitative estimate of drug-likeness (QED) is 0.264. The summed E-state index contributed by atoms with van der Waals surface area (Å²) in [6.45, 7) is 9.04. The molecule has 4 aromatic rings. The van der Waals surface area contributed by atoms with Gasteiger partial charge in [0.1, 0.15) is 23.7 Å². The van der Waals surface area contributed by atoms with Gasteiger partial charge in [0, 0.05) is 25.8 Å². The maximum atomic E-state index is 17.0. The van der Waals surface area contributed by atoms with E-state index in [4.69, 9.17) is 4.74 Å². The van der Waals surface area contributed by atoms with Crippen LogP contribution in [0.2, 0.25) is 0 Å². The molecular weight excluding hydrogens is 582 g/mol. The number of aromatic nitrogens is 3. The van der Waals surface area contributed by atoms with Gasteiger partial charge in [-0.15, -0.1) is 0 Å². The first-order valence-corrected chi connectivity index (χ1v) is 13.9. The van der Waals surface area contributed by atoms with E-state index in [0.29, 0.717) is 17.3 Å². The van der Waals surface area contributed by atoms with Crippen molar-refractivity contribution in [3.05, 3.63) is 82.1 Å². The molecule has 1 atom stereocenters. The third-order valence-electron chi connectivity index (χ3n) is 8.06. The van der Waals surface area contributed by atoms with Crippen molar-refractivity contribution in [2.24, 2.45) is 0 Å². The van der Waals surface area contributed by atoms with Crippen LogP contribution in [0.3, 0.4) is 0 Å². The number of amides is 1. The monoisotopic (exact) mass is 609 g/mol. The molecule has 6 rings (SSSR count). The molecule has 1 saturated heterocycles. The second-order valence-electron chi connectivity index (χ2n) is 11.0. The summed E-state index contributed by atoms with van der Waals surface area (Å²) in [5, 5.41) is 10.3. The van der Waals surface area contributed by atoms with Gasteiger partial charge >= 0.3 is 5.69 Å². The second kappa shape index (κ2) is 10.6. The number of hydrogen-bond acceptors (Lipinski definition) is 7. The van der Waals surface area contributed by atoms with Gasteiger partial charge in [0.05, 0.1) is 33.9 Å². The van der Waals surface area contributed by atoms with Crippen molar-refractivity contribution >= 4 is 22.6 Å². The fraction of sp³-hybridized carbons (Fsp3) is 0.290. The first kappa shape index (κ1) is 29.1. The topological polar surface area (TPSA) is 101 Å². The van der Waals surface area contributed by atoms with Gasteiger partial charge in [-0.25, -0.2) is 22.4 Å². The van der Waals surface area contributed by atoms with E-state index in [1.54, 1.807) is 17.9 Å². The van der Waals surface area contributed by atoms with Gasteiger partial charge in [-0.05, 0) is 42.7 Å². The first-order chi connectivity index (χ1) is 21.0. The fourth-order valence-corrected chi connectivity index (χ4v) is 5.98. The number of aryl methyl sites for hydroxylation is 1. The van der Waals surface area contributed by atoms with E-state index >= 15 is 13.2 Å². The predicted molar refractivity (Wildman–Crippen MR) is 154 cm³/mol. The summed E-state index contributed by atoms with van der Waals surface area (Å²) in [4.78, 5) is 38.2. The van der Waals surface area contributed by atoms with Crippen molar-refractivity contribution < 1.29 is 32.2 Å². The van der Waals surface area contributed by atoms with Crippen LogP contribution in [0.5, 0.6) is 11.5 Å². The van der Waals surface area contributed by atoms with Crippen LogP contribution in [0.4, 0.5) is 23.4 Å². The Morgan fingerprint density at radius 2 is 1.86 bits per heavy atom. The Balaban J connectivity index is 1.77. The molecule has 2 aromatic heterocycles. The minimum absolute atomic E-state index is 0.0922. The number of carbonyl (C=O) groups excluding carboxylic acids is 1. The molecule has 2 aliphatic heterocycles. The van der Waals surface area contributed by atoms with Crippen molar-refractivity contribution in [2.75, 3.05) is 31.1 Å². The molecule has 13 heteroatoms. The van der Waals surface area contributed by atoms with Gasteiger partial charge in [-0.3, -0.25) is 14.3 Å². The second-order valence-corrected chi connectivity index (χ2v) is 11.0. The molecule has 2 aromatic carbocycles. The van der Waals surface area contributed by atoms with Crippen LogP contribution in [-0.2, 0) is 4.79 Å². The Labute approximate surface area is 248 Å². The number of aromatic hydroxyl groups is 1. The number of piperazine rings is 1. The number of fused-ring (bicyclic) bond motifs is 2. The highest BCUT2D eigenvalue weighted by Crippen LogP contribution is 2.47. The normalized spacial score (nSPS) is 16.1. The van der Waals surface area contributed by atoms with Gasteiger partial charge in [0.25, 0.3) is 0 Å². The minimum atomic E-state index is -1.69. The molecule has 0 aliphatic carbocycles. The van der Waals surface area contributed by atoms with Gasteiger partial charge < -0.3 is 19.6 Å². The number of anilines is 1. The summed E-state index contributed by atoms with van der Waals surface area (Å²) in [5.41, 5.74) is -2.56. The van der Waals surface area contributed by atoms with Gasteiger partial charge in [-0.1, -0.05) is 20.4 Å². The maximum absolute atomic E-state index is 17.0. The molecule has 0 spiro atoms. The zero-order chi connectivity index (χ0) is 31.6. The molecule has 4 heterocycles. The number of benzene rings is 2. The van der Waals surface area contributed by atoms with E-state index in [1.165, 1.54) is 11.1 Å². The van der Waals surface area contributed by atoms with Crippen LogP contribution in [-0.4, -0.2) is 62.7 Å². The molecular formula is C31H27F4N5O4. The average molecular weight is 610 g/mol. The van der Waals surface area contributed by atoms with Gasteiger partial charge in [0.2, 0.25) is 5.91 Å². The SMILES string of the molecule is C=CC(=O)N1CCN2c3nc(=O)n(-c4c(C)ccnc4C(C)C)c4c(F)c(-c5c(O)ccc(F)c5F)c(F)c(c34)OCC2C1. The third kappa shape index (κ3) is 4.28. The van der Waals surface area contributed by atoms with Crippen molar-refractivity contribution in [1.29, 1.82) is 0 Å². The lowest BCUT2D eigenvalue weighted by molar-refractivity contribution is -0.126. The molecule has 0 bridgehead atoms. The summed E-state index contributed by atoms with van der Waals surface area (Å²) in [5.74, 6) is -8.20. The number of ether oxygens (including phenoxy) is 1. The Bertz CT molecular complexity index is 1940. The van der Waals surface area contributed by atoms with E-state index in [9.17, 15) is 19.1 Å². The lowest BCUT2D eigenvalue weighted by atomic mass is 9.98. The lowest BCUT2D eigenvalue weighted by Gasteiger charge is -2.40. The Kier molecular flexibility index (Phi) is 7.05. The molecule has 2 aliphatic rings. The third-order valence-corrected chi connectivity index (χ3v) is 8.06. The Hall–Kier alpha value is -4.94. The average Bonchev–Trinajstić information content (AvgIpc) is 3.15. The first-order valence-electron chi connectivity index (χ1n) is 13.9. The predicted octanol–water partition coefficient (Wildman–Crippen LogP) is 4.74. The van der Waals surface area contributed by atoms with Crippen molar-refractivity contribution in [1.82, 2.24) is 19.4 Å². The molecule has 44 heavy (non-hydrogen) atoms. The summed E-state index contributed by atoms with van der Waals surface area (Å²) in [6, 6.07) is 2.36. The zero-order valence-corrected chi connectivity index (χ0v) is 24.0. The number of nitrogens with zero attached hydrogens (tertiary/aromatic N) is 5. The minimum Gasteiger partial charge on any atom is -0.507 e. The molecule has 228 valence electrons. The van der Waals surface area contributed by atoms with Crippen LogP contribution in [0, 0.1) is 30.2 Å². The van der Waals surface area contributed by atoms with Gasteiger partial charge in [-0.2, -0.15) is 4.98 Å². The zero-order valence-electron chi connectivity index (χ0n) is 24.0. The van der Waals surface area contributed by atoms with Crippen LogP contribution >= 0.6 is 0 Å². The van der Waals surface area contributed by atoms with Crippen LogP contribution in [0.15, 0.2) is 41.8 Å². The van der Waals surface area contributed by atoms with Crippen molar-refractivity contribution in [3.8, 4) is 28.3 Å². The number of phenolic OH excluding ortho intramolecular Hbond substituents is 1. The maximum Gasteiger partial charge on any atom is 0.354 e. The molecule has 1 fully saturated rings. The summed E-state index contributed by atoms with van der Waals surface area (Å²) < 4.78 is 70.0. The number of hydrogen-bond donors (Lipinski definition) is 1. The summed E-state index contributed by atoms with van der Waals surface area (Å²) >= 11 is 0. The Morgan fingerprint density at radius 1 is 1.11 bits per heavy atom. The fourth-order valence-electron chi connectivity index (χ4n) is 5.98. The van der Waals surface area contributed by atoms with E-state index in [-0.39, 0.29) is 55.0 Å². The van der Waals surface area contributed by atoms with E-state index in [2.05, 4.69) is 16.5 Å². The molecule has 0 radical (unpaired) electrons. The molecule has 1 N–H and O–H groups in total. The number of carbonyl (C=O) groups is 1. The highest BCUT2D eigenvalue weighted by Gasteiger charge is 2.39. The number of rotatable bonds is 4. The van der Waals surface area contributed by atoms with Crippen LogP contribution in [0.25, 0.3) is 27.7 Å². The van der Waals surface area contributed by atoms with E-state index in [1.807, 2.05) is 13.8 Å². The number of pyridine rings is 1. The van der Waals surface area contributed by atoms with Crippen LogP contribution in [0.1, 0.15) is 31.0 Å². The highest BCUT2D eigenvalue weighted by atomic mass is 19.2. The smallest absolute Gasteiger partial charge is 0.354 e. The number of phenols is 1.